The van der Waals surface area contributed by atoms with Crippen LogP contribution >= 0.6 is 11.8 Å². The van der Waals surface area contributed by atoms with E-state index >= 15 is 0 Å². The summed E-state index contributed by atoms with van der Waals surface area (Å²) in [5.74, 6) is -0.0210. The van der Waals surface area contributed by atoms with Gasteiger partial charge in [0.1, 0.15) is 0 Å². The van der Waals surface area contributed by atoms with Crippen molar-refractivity contribution in [1.82, 2.24) is 4.90 Å². The van der Waals surface area contributed by atoms with Crippen LogP contribution in [-0.2, 0) is 17.9 Å². The molecule has 5 heteroatoms. The first-order valence-corrected chi connectivity index (χ1v) is 13.6. The Balaban J connectivity index is 1.37. The molecular formula is C33H30N2O2S. The predicted molar refractivity (Wildman–Crippen MR) is 156 cm³/mol. The second-order valence-electron chi connectivity index (χ2n) is 9.39. The Kier molecular flexibility index (Phi) is 7.75. The van der Waals surface area contributed by atoms with E-state index in [2.05, 4.69) is 31.2 Å². The van der Waals surface area contributed by atoms with E-state index in [0.717, 1.165) is 27.3 Å². The van der Waals surface area contributed by atoms with Crippen LogP contribution in [0.5, 0.6) is 0 Å². The minimum absolute atomic E-state index is 0.00284. The molecule has 1 heterocycles. The van der Waals surface area contributed by atoms with E-state index in [9.17, 15) is 9.59 Å². The van der Waals surface area contributed by atoms with Crippen LogP contribution in [0.25, 0.3) is 6.08 Å². The molecule has 4 nitrogen and oxygen atoms in total. The Labute approximate surface area is 228 Å². The molecule has 5 rings (SSSR count). The number of amides is 2. The number of hydrogen-bond donors (Lipinski definition) is 0. The lowest BCUT2D eigenvalue weighted by atomic mass is 10.1. The van der Waals surface area contributed by atoms with E-state index in [4.69, 9.17) is 0 Å². The molecule has 0 atom stereocenters. The number of carbonyl (C=O) groups is 2. The second kappa shape index (κ2) is 11.5. The van der Waals surface area contributed by atoms with Crippen molar-refractivity contribution in [3.8, 4) is 0 Å². The SMILES string of the molecule is CCN(Cc1ccccc1)C(=O)c1ccc(C=C2Sc3ccccc3N(Cc3cccc(C)c3)C2=O)cc1. The van der Waals surface area contributed by atoms with E-state index in [0.29, 0.717) is 30.1 Å². The fraction of sp³-hybridized carbons (Fsp3) is 0.152. The highest BCUT2D eigenvalue weighted by Crippen LogP contribution is 2.42. The van der Waals surface area contributed by atoms with Gasteiger partial charge in [-0.15, -0.1) is 0 Å². The van der Waals surface area contributed by atoms with Gasteiger partial charge in [0.05, 0.1) is 17.1 Å². The normalized spacial score (nSPS) is 13.9. The Morgan fingerprint density at radius 1 is 0.868 bits per heavy atom. The van der Waals surface area contributed by atoms with Crippen molar-refractivity contribution < 1.29 is 9.59 Å². The third-order valence-corrected chi connectivity index (χ3v) is 7.67. The summed E-state index contributed by atoms with van der Waals surface area (Å²) in [6.07, 6.45) is 1.92. The molecule has 190 valence electrons. The quantitative estimate of drug-likeness (QED) is 0.240. The number of carbonyl (C=O) groups excluding carboxylic acids is 2. The van der Waals surface area contributed by atoms with Gasteiger partial charge < -0.3 is 9.80 Å². The fourth-order valence-corrected chi connectivity index (χ4v) is 5.66. The summed E-state index contributed by atoms with van der Waals surface area (Å²) in [5, 5.41) is 0. The van der Waals surface area contributed by atoms with E-state index in [1.165, 1.54) is 17.3 Å². The van der Waals surface area contributed by atoms with Crippen molar-refractivity contribution in [2.24, 2.45) is 0 Å². The average Bonchev–Trinajstić information content (AvgIpc) is 2.94. The Morgan fingerprint density at radius 2 is 1.58 bits per heavy atom. The molecule has 4 aromatic carbocycles. The number of rotatable bonds is 7. The molecule has 0 fully saturated rings. The monoisotopic (exact) mass is 518 g/mol. The number of benzene rings is 4. The van der Waals surface area contributed by atoms with Gasteiger partial charge in [-0.25, -0.2) is 0 Å². The maximum Gasteiger partial charge on any atom is 0.265 e. The molecule has 0 unspecified atom stereocenters. The summed E-state index contributed by atoms with van der Waals surface area (Å²) in [5.41, 5.74) is 5.83. The van der Waals surface area contributed by atoms with Crippen LogP contribution in [-0.4, -0.2) is 23.3 Å². The van der Waals surface area contributed by atoms with Crippen LogP contribution in [0.3, 0.4) is 0 Å². The van der Waals surface area contributed by atoms with Crippen LogP contribution in [0.15, 0.2) is 113 Å². The maximum absolute atomic E-state index is 13.6. The molecule has 2 amide bonds. The second-order valence-corrected chi connectivity index (χ2v) is 10.5. The highest BCUT2D eigenvalue weighted by Gasteiger charge is 2.29. The van der Waals surface area contributed by atoms with Crippen LogP contribution in [0.1, 0.15) is 39.5 Å². The number of hydrogen-bond acceptors (Lipinski definition) is 3. The van der Waals surface area contributed by atoms with Gasteiger partial charge in [0.25, 0.3) is 11.8 Å². The summed E-state index contributed by atoms with van der Waals surface area (Å²) in [6.45, 7) is 5.76. The van der Waals surface area contributed by atoms with E-state index in [1.807, 2.05) is 102 Å². The summed E-state index contributed by atoms with van der Waals surface area (Å²) in [6, 6.07) is 33.8. The van der Waals surface area contributed by atoms with Gasteiger partial charge in [0, 0.05) is 23.5 Å². The van der Waals surface area contributed by atoms with Gasteiger partial charge in [0.2, 0.25) is 0 Å². The predicted octanol–water partition coefficient (Wildman–Crippen LogP) is 7.34. The van der Waals surface area contributed by atoms with E-state index in [-0.39, 0.29) is 11.8 Å². The third-order valence-electron chi connectivity index (χ3n) is 6.60. The van der Waals surface area contributed by atoms with E-state index < -0.39 is 0 Å². The molecule has 0 aromatic heterocycles. The third kappa shape index (κ3) is 5.74. The molecule has 0 saturated heterocycles. The molecule has 0 aliphatic carbocycles. The first-order valence-electron chi connectivity index (χ1n) is 12.8. The molecule has 0 radical (unpaired) electrons. The van der Waals surface area contributed by atoms with Crippen molar-refractivity contribution in [2.75, 3.05) is 11.4 Å². The zero-order valence-corrected chi connectivity index (χ0v) is 22.4. The average molecular weight is 519 g/mol. The molecule has 38 heavy (non-hydrogen) atoms. The molecule has 0 spiro atoms. The van der Waals surface area contributed by atoms with Gasteiger partial charge in [0.15, 0.2) is 0 Å². The molecular weight excluding hydrogens is 488 g/mol. The van der Waals surface area contributed by atoms with Crippen LogP contribution < -0.4 is 4.90 Å². The molecule has 0 N–H and O–H groups in total. The number of anilines is 1. The van der Waals surface area contributed by atoms with Crippen LogP contribution in [0, 0.1) is 6.92 Å². The zero-order valence-electron chi connectivity index (χ0n) is 21.6. The number of para-hydroxylation sites is 1. The van der Waals surface area contributed by atoms with Gasteiger partial charge in [-0.05, 0) is 60.9 Å². The van der Waals surface area contributed by atoms with Crippen molar-refractivity contribution in [2.45, 2.75) is 31.8 Å². The number of aryl methyl sites for hydroxylation is 1. The molecule has 0 saturated carbocycles. The Hall–Kier alpha value is -4.09. The minimum atomic E-state index is -0.0182. The minimum Gasteiger partial charge on any atom is -0.335 e. The van der Waals surface area contributed by atoms with Gasteiger partial charge >= 0.3 is 0 Å². The molecule has 0 bridgehead atoms. The topological polar surface area (TPSA) is 40.6 Å². The largest absolute Gasteiger partial charge is 0.335 e. The summed E-state index contributed by atoms with van der Waals surface area (Å²) < 4.78 is 0. The first-order chi connectivity index (χ1) is 18.5. The molecule has 1 aliphatic heterocycles. The summed E-state index contributed by atoms with van der Waals surface area (Å²) >= 11 is 1.49. The van der Waals surface area contributed by atoms with Crippen LogP contribution in [0.4, 0.5) is 5.69 Å². The highest BCUT2D eigenvalue weighted by atomic mass is 32.2. The van der Waals surface area contributed by atoms with Gasteiger partial charge in [-0.1, -0.05) is 96.2 Å². The summed E-state index contributed by atoms with van der Waals surface area (Å²) in [4.78, 5) is 32.2. The standard InChI is InChI=1S/C33H30N2O2S/c1-3-34(22-26-11-5-4-6-12-26)32(36)28-18-16-25(17-19-28)21-31-33(37)35(23-27-13-9-10-24(2)20-27)29-14-7-8-15-30(29)38-31/h4-21H,3,22-23H2,1-2H3. The van der Waals surface area contributed by atoms with Crippen LogP contribution in [0.2, 0.25) is 0 Å². The molecule has 4 aromatic rings. The zero-order chi connectivity index (χ0) is 26.5. The van der Waals surface area contributed by atoms with E-state index in [1.54, 1.807) is 0 Å². The Morgan fingerprint density at radius 3 is 2.32 bits per heavy atom. The van der Waals surface area contributed by atoms with Crippen molar-refractivity contribution in [3.05, 3.63) is 136 Å². The Bertz CT molecular complexity index is 1480. The number of fused-ring (bicyclic) bond motifs is 1. The van der Waals surface area contributed by atoms with Crippen molar-refractivity contribution in [1.29, 1.82) is 0 Å². The number of thioether (sulfide) groups is 1. The lowest BCUT2D eigenvalue weighted by Crippen LogP contribution is -2.33. The maximum atomic E-state index is 13.6. The number of nitrogens with zero attached hydrogens (tertiary/aromatic N) is 2. The smallest absolute Gasteiger partial charge is 0.265 e. The van der Waals surface area contributed by atoms with Crippen molar-refractivity contribution in [3.63, 3.8) is 0 Å². The van der Waals surface area contributed by atoms with Crippen molar-refractivity contribution >= 4 is 35.3 Å². The van der Waals surface area contributed by atoms with Gasteiger partial charge in [-0.2, -0.15) is 0 Å². The lowest BCUT2D eigenvalue weighted by molar-refractivity contribution is -0.114. The lowest BCUT2D eigenvalue weighted by Gasteiger charge is -2.30. The summed E-state index contributed by atoms with van der Waals surface area (Å²) in [7, 11) is 0. The van der Waals surface area contributed by atoms with Gasteiger partial charge in [-0.3, -0.25) is 9.59 Å². The highest BCUT2D eigenvalue weighted by molar-refractivity contribution is 8.04. The molecule has 1 aliphatic rings. The fourth-order valence-electron chi connectivity index (χ4n) is 4.60. The first kappa shape index (κ1) is 25.6.